The van der Waals surface area contributed by atoms with Crippen LogP contribution < -0.4 is 5.32 Å². The van der Waals surface area contributed by atoms with Crippen LogP contribution in [-0.4, -0.2) is 69.6 Å². The molecule has 1 N–H and O–H groups in total. The molecule has 1 heterocycles. The molecule has 0 aromatic rings. The minimum Gasteiger partial charge on any atom is -0.356 e. The number of sulfonamides is 1. The van der Waals surface area contributed by atoms with E-state index in [2.05, 4.69) is 29.1 Å². The Balaban J connectivity index is 2.33. The van der Waals surface area contributed by atoms with E-state index in [1.807, 2.05) is 7.05 Å². The quantitative estimate of drug-likeness (QED) is 0.412. The van der Waals surface area contributed by atoms with Gasteiger partial charge in [-0.15, -0.1) is 0 Å². The Morgan fingerprint density at radius 2 is 2.13 bits per heavy atom. The van der Waals surface area contributed by atoms with E-state index in [1.165, 1.54) is 17.1 Å². The van der Waals surface area contributed by atoms with E-state index in [0.717, 1.165) is 43.9 Å². The lowest BCUT2D eigenvalue weighted by atomic mass is 9.97. The zero-order valence-electron chi connectivity index (χ0n) is 15.4. The third-order valence-electron chi connectivity index (χ3n) is 4.37. The Bertz CT molecular complexity index is 476. The molecule has 0 saturated carbocycles. The molecule has 7 heteroatoms. The van der Waals surface area contributed by atoms with Crippen molar-refractivity contribution >= 4 is 16.0 Å². The molecule has 1 aliphatic rings. The molecule has 0 aliphatic carbocycles. The molecule has 1 fully saturated rings. The lowest BCUT2D eigenvalue weighted by Crippen LogP contribution is -2.41. The zero-order valence-corrected chi connectivity index (χ0v) is 16.2. The van der Waals surface area contributed by atoms with Gasteiger partial charge in [0.25, 0.3) is 0 Å². The van der Waals surface area contributed by atoms with Gasteiger partial charge in [-0.2, -0.15) is 0 Å². The minimum atomic E-state index is -3.07. The van der Waals surface area contributed by atoms with Gasteiger partial charge >= 0.3 is 0 Å². The zero-order chi connectivity index (χ0) is 17.5. The number of hydrogen-bond acceptors (Lipinski definition) is 3. The highest BCUT2D eigenvalue weighted by Crippen LogP contribution is 2.23. The first-order valence-corrected chi connectivity index (χ1v) is 10.3. The van der Waals surface area contributed by atoms with Gasteiger partial charge in [0, 0.05) is 40.3 Å². The maximum Gasteiger partial charge on any atom is 0.213 e. The standard InChI is InChI=1S/C16H34N4O2S/c1-6-23(21,22)19(5)10-7-9-18-16(17-4)20-11-8-15(13-20)12-14(2)3/h14-15H,6-13H2,1-5H3,(H,17,18). The maximum absolute atomic E-state index is 11.7. The molecule has 1 aliphatic heterocycles. The molecule has 0 radical (unpaired) electrons. The molecule has 0 amide bonds. The first-order valence-electron chi connectivity index (χ1n) is 8.69. The fourth-order valence-corrected chi connectivity index (χ4v) is 3.93. The number of likely N-dealkylation sites (tertiary alicyclic amines) is 1. The van der Waals surface area contributed by atoms with Crippen molar-refractivity contribution in [2.75, 3.05) is 46.0 Å². The lowest BCUT2D eigenvalue weighted by molar-refractivity contribution is 0.402. The summed E-state index contributed by atoms with van der Waals surface area (Å²) in [6, 6.07) is 0. The van der Waals surface area contributed by atoms with Crippen LogP contribution in [0.2, 0.25) is 0 Å². The first-order chi connectivity index (χ1) is 10.8. The van der Waals surface area contributed by atoms with Gasteiger partial charge in [0.1, 0.15) is 0 Å². The van der Waals surface area contributed by atoms with Crippen LogP contribution >= 0.6 is 0 Å². The van der Waals surface area contributed by atoms with Crippen molar-refractivity contribution in [2.24, 2.45) is 16.8 Å². The third kappa shape index (κ3) is 6.67. The summed E-state index contributed by atoms with van der Waals surface area (Å²) < 4.78 is 24.8. The fraction of sp³-hybridized carbons (Fsp3) is 0.938. The fourth-order valence-electron chi connectivity index (χ4n) is 3.08. The molecule has 1 saturated heterocycles. The maximum atomic E-state index is 11.7. The number of guanidine groups is 1. The predicted octanol–water partition coefficient (Wildman–Crippen LogP) is 1.60. The van der Waals surface area contributed by atoms with Crippen LogP contribution in [0.25, 0.3) is 0 Å². The van der Waals surface area contributed by atoms with E-state index in [0.29, 0.717) is 6.54 Å². The van der Waals surface area contributed by atoms with Crippen molar-refractivity contribution in [1.29, 1.82) is 0 Å². The van der Waals surface area contributed by atoms with Crippen molar-refractivity contribution in [2.45, 2.75) is 40.0 Å². The summed E-state index contributed by atoms with van der Waals surface area (Å²) in [4.78, 5) is 6.68. The largest absolute Gasteiger partial charge is 0.356 e. The smallest absolute Gasteiger partial charge is 0.213 e. The van der Waals surface area contributed by atoms with Gasteiger partial charge in [0.2, 0.25) is 10.0 Å². The molecule has 0 aromatic carbocycles. The van der Waals surface area contributed by atoms with Crippen molar-refractivity contribution in [3.63, 3.8) is 0 Å². The second kappa shape index (κ2) is 9.47. The van der Waals surface area contributed by atoms with E-state index in [9.17, 15) is 8.42 Å². The minimum absolute atomic E-state index is 0.156. The van der Waals surface area contributed by atoms with Crippen LogP contribution in [0, 0.1) is 11.8 Å². The Morgan fingerprint density at radius 1 is 1.43 bits per heavy atom. The molecule has 136 valence electrons. The molecule has 0 aromatic heterocycles. The Kier molecular flexibility index (Phi) is 8.33. The summed E-state index contributed by atoms with van der Waals surface area (Å²) in [5.41, 5.74) is 0. The van der Waals surface area contributed by atoms with Crippen LogP contribution in [0.1, 0.15) is 40.0 Å². The highest BCUT2D eigenvalue weighted by Gasteiger charge is 2.25. The first kappa shape index (κ1) is 20.2. The Hall–Kier alpha value is -0.820. The van der Waals surface area contributed by atoms with Crippen molar-refractivity contribution in [3.05, 3.63) is 0 Å². The van der Waals surface area contributed by atoms with Gasteiger partial charge in [-0.1, -0.05) is 13.8 Å². The van der Waals surface area contributed by atoms with Crippen LogP contribution in [0.5, 0.6) is 0 Å². The summed E-state index contributed by atoms with van der Waals surface area (Å²) in [6.07, 6.45) is 3.28. The molecule has 0 bridgehead atoms. The van der Waals surface area contributed by atoms with Crippen LogP contribution in [-0.2, 0) is 10.0 Å². The lowest BCUT2D eigenvalue weighted by Gasteiger charge is -2.22. The van der Waals surface area contributed by atoms with Gasteiger partial charge in [-0.3, -0.25) is 4.99 Å². The average molecular weight is 347 g/mol. The second-order valence-corrected chi connectivity index (χ2v) is 9.14. The Labute approximate surface area is 142 Å². The summed E-state index contributed by atoms with van der Waals surface area (Å²) in [5.74, 6) is 2.60. The van der Waals surface area contributed by atoms with E-state index >= 15 is 0 Å². The van der Waals surface area contributed by atoms with Gasteiger partial charge in [-0.25, -0.2) is 12.7 Å². The van der Waals surface area contributed by atoms with Crippen molar-refractivity contribution in [1.82, 2.24) is 14.5 Å². The summed E-state index contributed by atoms with van der Waals surface area (Å²) in [6.45, 7) is 9.63. The molecule has 6 nitrogen and oxygen atoms in total. The Morgan fingerprint density at radius 3 is 2.70 bits per heavy atom. The number of rotatable bonds is 8. The number of nitrogens with one attached hydrogen (secondary N) is 1. The highest BCUT2D eigenvalue weighted by atomic mass is 32.2. The van der Waals surface area contributed by atoms with E-state index in [4.69, 9.17) is 0 Å². The van der Waals surface area contributed by atoms with Gasteiger partial charge in [0.05, 0.1) is 5.75 Å². The van der Waals surface area contributed by atoms with Crippen molar-refractivity contribution < 1.29 is 8.42 Å². The molecular weight excluding hydrogens is 312 g/mol. The highest BCUT2D eigenvalue weighted by molar-refractivity contribution is 7.89. The van der Waals surface area contributed by atoms with Gasteiger partial charge in [-0.05, 0) is 38.0 Å². The summed E-state index contributed by atoms with van der Waals surface area (Å²) in [7, 11) is 0.381. The SMILES string of the molecule is CCS(=O)(=O)N(C)CCCNC(=NC)N1CCC(CC(C)C)C1. The third-order valence-corrected chi connectivity index (χ3v) is 6.24. The summed E-state index contributed by atoms with van der Waals surface area (Å²) in [5, 5.41) is 3.36. The topological polar surface area (TPSA) is 65.0 Å². The van der Waals surface area contributed by atoms with Crippen LogP contribution in [0.3, 0.4) is 0 Å². The molecule has 1 rings (SSSR count). The molecule has 1 atom stereocenters. The number of nitrogens with zero attached hydrogens (tertiary/aromatic N) is 3. The van der Waals surface area contributed by atoms with E-state index in [1.54, 1.807) is 14.0 Å². The molecule has 0 spiro atoms. The monoisotopic (exact) mass is 346 g/mol. The van der Waals surface area contributed by atoms with E-state index < -0.39 is 10.0 Å². The number of aliphatic imine (C=N–C) groups is 1. The predicted molar refractivity (Wildman–Crippen MR) is 97.2 cm³/mol. The van der Waals surface area contributed by atoms with Gasteiger partial charge in [0.15, 0.2) is 5.96 Å². The normalized spacial score (nSPS) is 19.9. The van der Waals surface area contributed by atoms with Crippen molar-refractivity contribution in [3.8, 4) is 0 Å². The molecule has 1 unspecified atom stereocenters. The van der Waals surface area contributed by atoms with Crippen LogP contribution in [0.4, 0.5) is 0 Å². The molecular formula is C16H34N4O2S. The van der Waals surface area contributed by atoms with Crippen LogP contribution in [0.15, 0.2) is 4.99 Å². The number of hydrogen-bond donors (Lipinski definition) is 1. The average Bonchev–Trinajstić information content (AvgIpc) is 2.94. The van der Waals surface area contributed by atoms with E-state index in [-0.39, 0.29) is 5.75 Å². The molecule has 23 heavy (non-hydrogen) atoms. The summed E-state index contributed by atoms with van der Waals surface area (Å²) >= 11 is 0. The second-order valence-electron chi connectivity index (χ2n) is 6.78. The van der Waals surface area contributed by atoms with Gasteiger partial charge < -0.3 is 10.2 Å².